The van der Waals surface area contributed by atoms with Crippen LogP contribution in [0, 0.1) is 13.8 Å². The topological polar surface area (TPSA) is 42.4 Å². The molecule has 0 aliphatic carbocycles. The predicted octanol–water partition coefficient (Wildman–Crippen LogP) is 4.45. The third-order valence-corrected chi connectivity index (χ3v) is 5.83. The van der Waals surface area contributed by atoms with E-state index >= 15 is 0 Å². The summed E-state index contributed by atoms with van der Waals surface area (Å²) in [7, 11) is 0. The number of para-hydroxylation sites is 2. The Morgan fingerprint density at radius 1 is 1.13 bits per heavy atom. The van der Waals surface area contributed by atoms with Crippen molar-refractivity contribution in [2.75, 3.05) is 12.4 Å². The first-order chi connectivity index (χ1) is 11.1. The molecule has 120 valence electrons. The van der Waals surface area contributed by atoms with Crippen molar-refractivity contribution in [3.8, 4) is 5.75 Å². The molecule has 1 aromatic heterocycles. The Labute approximate surface area is 144 Å². The van der Waals surface area contributed by atoms with E-state index in [-0.39, 0.29) is 0 Å². The van der Waals surface area contributed by atoms with Crippen LogP contribution in [0.3, 0.4) is 0 Å². The zero-order valence-electron chi connectivity index (χ0n) is 13.2. The van der Waals surface area contributed by atoms with Crippen LogP contribution in [0.15, 0.2) is 46.8 Å². The summed E-state index contributed by atoms with van der Waals surface area (Å²) in [6, 6.07) is 14.1. The van der Waals surface area contributed by atoms with Gasteiger partial charge in [0, 0.05) is 5.75 Å². The van der Waals surface area contributed by atoms with Gasteiger partial charge in [0.15, 0.2) is 4.34 Å². The lowest BCUT2D eigenvalue weighted by Gasteiger charge is -2.15. The maximum absolute atomic E-state index is 10.2. The van der Waals surface area contributed by atoms with Crippen LogP contribution in [0.5, 0.6) is 5.75 Å². The molecule has 0 radical (unpaired) electrons. The summed E-state index contributed by atoms with van der Waals surface area (Å²) in [5.74, 6) is 1.45. The molecule has 23 heavy (non-hydrogen) atoms. The number of benzene rings is 2. The van der Waals surface area contributed by atoms with Gasteiger partial charge in [-0.2, -0.15) is 0 Å². The number of rotatable bonds is 6. The van der Waals surface area contributed by atoms with E-state index in [0.717, 1.165) is 26.7 Å². The number of aliphatic hydroxyl groups is 1. The van der Waals surface area contributed by atoms with E-state index < -0.39 is 6.10 Å². The van der Waals surface area contributed by atoms with Gasteiger partial charge in [-0.05, 0) is 37.1 Å². The highest BCUT2D eigenvalue weighted by atomic mass is 32.2. The fourth-order valence-corrected chi connectivity index (χ4v) is 4.33. The lowest BCUT2D eigenvalue weighted by Crippen LogP contribution is -2.20. The van der Waals surface area contributed by atoms with Gasteiger partial charge < -0.3 is 9.84 Å². The molecule has 3 aromatic rings. The van der Waals surface area contributed by atoms with Crippen molar-refractivity contribution in [2.24, 2.45) is 0 Å². The molecule has 3 rings (SSSR count). The minimum atomic E-state index is -0.522. The van der Waals surface area contributed by atoms with E-state index in [1.165, 1.54) is 4.70 Å². The average Bonchev–Trinajstić information content (AvgIpc) is 2.95. The highest BCUT2D eigenvalue weighted by Crippen LogP contribution is 2.30. The van der Waals surface area contributed by atoms with Crippen LogP contribution in [-0.2, 0) is 0 Å². The second-order valence-electron chi connectivity index (χ2n) is 5.44. The Morgan fingerprint density at radius 3 is 2.61 bits per heavy atom. The molecule has 1 atom stereocenters. The van der Waals surface area contributed by atoms with Crippen molar-refractivity contribution in [3.05, 3.63) is 53.6 Å². The van der Waals surface area contributed by atoms with Crippen molar-refractivity contribution in [1.29, 1.82) is 0 Å². The largest absolute Gasteiger partial charge is 0.490 e. The maximum atomic E-state index is 10.2. The third kappa shape index (κ3) is 4.05. The zero-order chi connectivity index (χ0) is 16.2. The van der Waals surface area contributed by atoms with Crippen LogP contribution < -0.4 is 4.74 Å². The number of nitrogens with zero attached hydrogens (tertiary/aromatic N) is 1. The molecule has 0 bridgehead atoms. The minimum absolute atomic E-state index is 0.295. The number of hydrogen-bond donors (Lipinski definition) is 1. The van der Waals surface area contributed by atoms with Gasteiger partial charge in [-0.15, -0.1) is 11.3 Å². The molecule has 1 N–H and O–H groups in total. The fraction of sp³-hybridized carbons (Fsp3) is 0.278. The van der Waals surface area contributed by atoms with Crippen LogP contribution in [-0.4, -0.2) is 28.6 Å². The highest BCUT2D eigenvalue weighted by molar-refractivity contribution is 8.01. The van der Waals surface area contributed by atoms with E-state index in [1.54, 1.807) is 23.1 Å². The van der Waals surface area contributed by atoms with Gasteiger partial charge in [-0.3, -0.25) is 0 Å². The SMILES string of the molecule is Cc1cccc(C)c1OCC(O)CSc1nc2ccccc2s1. The molecule has 3 nitrogen and oxygen atoms in total. The molecule has 0 fully saturated rings. The quantitative estimate of drug-likeness (QED) is 0.671. The number of thioether (sulfide) groups is 1. The molecule has 0 saturated heterocycles. The number of aryl methyl sites for hydroxylation is 2. The number of thiazole rings is 1. The Hall–Kier alpha value is -1.56. The Kier molecular flexibility index (Phi) is 5.20. The number of aliphatic hydroxyl groups excluding tert-OH is 1. The molecule has 0 spiro atoms. The molecule has 1 unspecified atom stereocenters. The van der Waals surface area contributed by atoms with Crippen molar-refractivity contribution < 1.29 is 9.84 Å². The lowest BCUT2D eigenvalue weighted by molar-refractivity contribution is 0.125. The molecule has 0 amide bonds. The fourth-order valence-electron chi connectivity index (χ4n) is 2.33. The molecular weight excluding hydrogens is 326 g/mol. The molecule has 1 heterocycles. The number of hydrogen-bond acceptors (Lipinski definition) is 5. The summed E-state index contributed by atoms with van der Waals surface area (Å²) in [5.41, 5.74) is 3.20. The molecule has 5 heteroatoms. The maximum Gasteiger partial charge on any atom is 0.151 e. The Bertz CT molecular complexity index is 747. The Morgan fingerprint density at radius 2 is 1.87 bits per heavy atom. The summed E-state index contributed by atoms with van der Waals surface area (Å²) < 4.78 is 7.96. The highest BCUT2D eigenvalue weighted by Gasteiger charge is 2.11. The lowest BCUT2D eigenvalue weighted by atomic mass is 10.1. The normalized spacial score (nSPS) is 12.5. The second kappa shape index (κ2) is 7.34. The van der Waals surface area contributed by atoms with Crippen molar-refractivity contribution in [2.45, 2.75) is 24.3 Å². The first-order valence-electron chi connectivity index (χ1n) is 7.49. The van der Waals surface area contributed by atoms with Crippen molar-refractivity contribution in [3.63, 3.8) is 0 Å². The standard InChI is InChI=1S/C18H19NO2S2/c1-12-6-5-7-13(2)17(12)21-10-14(20)11-22-18-19-15-8-3-4-9-16(15)23-18/h3-9,14,20H,10-11H2,1-2H3. The van der Waals surface area contributed by atoms with Crippen LogP contribution >= 0.6 is 23.1 Å². The zero-order valence-corrected chi connectivity index (χ0v) is 14.8. The Balaban J connectivity index is 1.54. The van der Waals surface area contributed by atoms with Gasteiger partial charge in [-0.25, -0.2) is 4.98 Å². The first-order valence-corrected chi connectivity index (χ1v) is 9.29. The summed E-state index contributed by atoms with van der Waals surface area (Å²) in [4.78, 5) is 4.56. The van der Waals surface area contributed by atoms with Gasteiger partial charge in [0.1, 0.15) is 12.4 Å². The second-order valence-corrected chi connectivity index (χ2v) is 7.74. The first kappa shape index (κ1) is 16.3. The summed E-state index contributed by atoms with van der Waals surface area (Å²) >= 11 is 3.23. The summed E-state index contributed by atoms with van der Waals surface area (Å²) in [6.07, 6.45) is -0.522. The van der Waals surface area contributed by atoms with Gasteiger partial charge in [-0.1, -0.05) is 42.1 Å². The molecular formula is C18H19NO2S2. The van der Waals surface area contributed by atoms with E-state index in [2.05, 4.69) is 11.1 Å². The van der Waals surface area contributed by atoms with Crippen LogP contribution in [0.25, 0.3) is 10.2 Å². The van der Waals surface area contributed by atoms with Gasteiger partial charge in [0.2, 0.25) is 0 Å². The number of fused-ring (bicyclic) bond motifs is 1. The average molecular weight is 345 g/mol. The van der Waals surface area contributed by atoms with E-state index in [0.29, 0.717) is 12.4 Å². The van der Waals surface area contributed by atoms with Gasteiger partial charge in [0.05, 0.1) is 16.3 Å². The smallest absolute Gasteiger partial charge is 0.151 e. The third-order valence-electron chi connectivity index (χ3n) is 3.50. The van der Waals surface area contributed by atoms with Crippen LogP contribution in [0.2, 0.25) is 0 Å². The number of aromatic nitrogens is 1. The van der Waals surface area contributed by atoms with Gasteiger partial charge >= 0.3 is 0 Å². The molecule has 0 saturated carbocycles. The molecule has 0 aliphatic heterocycles. The molecule has 2 aromatic carbocycles. The number of ether oxygens (including phenoxy) is 1. The molecule has 0 aliphatic rings. The van der Waals surface area contributed by atoms with E-state index in [9.17, 15) is 5.11 Å². The van der Waals surface area contributed by atoms with Crippen molar-refractivity contribution >= 4 is 33.3 Å². The predicted molar refractivity (Wildman–Crippen MR) is 97.8 cm³/mol. The van der Waals surface area contributed by atoms with E-state index in [1.807, 2.05) is 50.2 Å². The summed E-state index contributed by atoms with van der Waals surface area (Å²) in [6.45, 7) is 4.33. The van der Waals surface area contributed by atoms with Crippen LogP contribution in [0.4, 0.5) is 0 Å². The van der Waals surface area contributed by atoms with Crippen molar-refractivity contribution in [1.82, 2.24) is 4.98 Å². The van der Waals surface area contributed by atoms with E-state index in [4.69, 9.17) is 4.74 Å². The van der Waals surface area contributed by atoms with Gasteiger partial charge in [0.25, 0.3) is 0 Å². The summed E-state index contributed by atoms with van der Waals surface area (Å²) in [5, 5.41) is 10.2. The monoisotopic (exact) mass is 345 g/mol. The minimum Gasteiger partial charge on any atom is -0.490 e. The van der Waals surface area contributed by atoms with Crippen LogP contribution in [0.1, 0.15) is 11.1 Å².